The van der Waals surface area contributed by atoms with Crippen LogP contribution >= 0.6 is 0 Å². The van der Waals surface area contributed by atoms with Gasteiger partial charge in [0.2, 0.25) is 5.91 Å². The van der Waals surface area contributed by atoms with Crippen molar-refractivity contribution in [1.82, 2.24) is 10.6 Å². The van der Waals surface area contributed by atoms with Crippen LogP contribution in [-0.4, -0.2) is 55.5 Å². The zero-order valence-corrected chi connectivity index (χ0v) is 11.0. The molecule has 1 rings (SSSR count). The van der Waals surface area contributed by atoms with Gasteiger partial charge in [-0.3, -0.25) is 4.79 Å². The summed E-state index contributed by atoms with van der Waals surface area (Å²) in [4.78, 5) is 22.3. The smallest absolute Gasteiger partial charge is 0.326 e. The molecule has 0 aliphatic carbocycles. The highest BCUT2D eigenvalue weighted by Gasteiger charge is 2.27. The summed E-state index contributed by atoms with van der Waals surface area (Å²) in [6, 6.07) is -1.35. The SMILES string of the molecule is CC[C@@H](NC(=O)CC1CS(=O)(=O)CCN1)C(=O)O. The average Bonchev–Trinajstić information content (AvgIpc) is 2.23. The lowest BCUT2D eigenvalue weighted by molar-refractivity contribution is -0.142. The van der Waals surface area contributed by atoms with Gasteiger partial charge in [-0.15, -0.1) is 0 Å². The summed E-state index contributed by atoms with van der Waals surface area (Å²) in [5.74, 6) is -1.53. The Bertz CT molecular complexity index is 420. The quantitative estimate of drug-likeness (QED) is 0.579. The minimum Gasteiger partial charge on any atom is -0.480 e. The largest absolute Gasteiger partial charge is 0.480 e. The number of sulfone groups is 1. The van der Waals surface area contributed by atoms with Gasteiger partial charge in [0.15, 0.2) is 9.84 Å². The van der Waals surface area contributed by atoms with Crippen molar-refractivity contribution in [3.8, 4) is 0 Å². The number of carboxylic acids is 1. The second-order valence-corrected chi connectivity index (χ2v) is 6.56. The van der Waals surface area contributed by atoms with Gasteiger partial charge in [-0.05, 0) is 6.42 Å². The van der Waals surface area contributed by atoms with E-state index in [1.54, 1.807) is 6.92 Å². The van der Waals surface area contributed by atoms with E-state index >= 15 is 0 Å². The monoisotopic (exact) mass is 278 g/mol. The minimum absolute atomic E-state index is 0.0248. The first kappa shape index (κ1) is 14.9. The van der Waals surface area contributed by atoms with Gasteiger partial charge in [0.1, 0.15) is 6.04 Å². The van der Waals surface area contributed by atoms with E-state index in [1.165, 1.54) is 0 Å². The minimum atomic E-state index is -3.09. The predicted octanol–water partition coefficient (Wildman–Crippen LogP) is -1.26. The summed E-state index contributed by atoms with van der Waals surface area (Å²) in [6.45, 7) is 1.98. The molecule has 1 aliphatic rings. The van der Waals surface area contributed by atoms with Crippen LogP contribution in [0.15, 0.2) is 0 Å². The molecular weight excluding hydrogens is 260 g/mol. The molecule has 0 spiro atoms. The number of carbonyl (C=O) groups excluding carboxylic acids is 1. The first-order valence-electron chi connectivity index (χ1n) is 5.80. The van der Waals surface area contributed by atoms with E-state index in [4.69, 9.17) is 5.11 Å². The van der Waals surface area contributed by atoms with Gasteiger partial charge in [-0.1, -0.05) is 6.92 Å². The third-order valence-corrected chi connectivity index (χ3v) is 4.51. The molecule has 2 atom stereocenters. The molecule has 18 heavy (non-hydrogen) atoms. The average molecular weight is 278 g/mol. The molecule has 1 heterocycles. The Hall–Kier alpha value is -1.15. The fraction of sp³-hybridized carbons (Fsp3) is 0.800. The van der Waals surface area contributed by atoms with E-state index in [0.717, 1.165) is 0 Å². The van der Waals surface area contributed by atoms with E-state index in [1.807, 2.05) is 0 Å². The standard InChI is InChI=1S/C10H18N2O5S/c1-2-8(10(14)15)12-9(13)5-7-6-18(16,17)4-3-11-7/h7-8,11H,2-6H2,1H3,(H,12,13)(H,14,15)/t7?,8-/m1/s1. The number of hydrogen-bond donors (Lipinski definition) is 3. The highest BCUT2D eigenvalue weighted by Crippen LogP contribution is 2.05. The Morgan fingerprint density at radius 2 is 2.17 bits per heavy atom. The van der Waals surface area contributed by atoms with E-state index in [-0.39, 0.29) is 24.3 Å². The van der Waals surface area contributed by atoms with Crippen molar-refractivity contribution >= 4 is 21.7 Å². The topological polar surface area (TPSA) is 113 Å². The number of rotatable bonds is 5. The molecule has 0 radical (unpaired) electrons. The van der Waals surface area contributed by atoms with Crippen LogP contribution in [0.25, 0.3) is 0 Å². The normalized spacial score (nSPS) is 24.2. The van der Waals surface area contributed by atoms with Gasteiger partial charge in [-0.25, -0.2) is 13.2 Å². The molecule has 3 N–H and O–H groups in total. The summed E-state index contributed by atoms with van der Waals surface area (Å²) in [5.41, 5.74) is 0. The van der Waals surface area contributed by atoms with Crippen LogP contribution in [0, 0.1) is 0 Å². The van der Waals surface area contributed by atoms with Gasteiger partial charge < -0.3 is 15.7 Å². The fourth-order valence-corrected chi connectivity index (χ4v) is 3.26. The Kier molecular flexibility index (Phi) is 5.09. The number of aliphatic carboxylic acids is 1. The molecule has 0 aromatic carbocycles. The molecule has 0 aromatic heterocycles. The van der Waals surface area contributed by atoms with Crippen LogP contribution in [0.5, 0.6) is 0 Å². The van der Waals surface area contributed by atoms with Crippen LogP contribution in [0.1, 0.15) is 19.8 Å². The molecule has 1 aliphatic heterocycles. The van der Waals surface area contributed by atoms with E-state index in [9.17, 15) is 18.0 Å². The van der Waals surface area contributed by atoms with E-state index < -0.39 is 33.8 Å². The Morgan fingerprint density at radius 3 is 2.67 bits per heavy atom. The molecule has 1 amide bonds. The highest BCUT2D eigenvalue weighted by molar-refractivity contribution is 7.91. The number of amides is 1. The third kappa shape index (κ3) is 4.61. The molecule has 8 heteroatoms. The molecule has 0 bridgehead atoms. The summed E-state index contributed by atoms with van der Waals surface area (Å²) < 4.78 is 22.7. The third-order valence-electron chi connectivity index (χ3n) is 2.77. The fourth-order valence-electron chi connectivity index (χ4n) is 1.81. The second kappa shape index (κ2) is 6.14. The van der Waals surface area contributed by atoms with E-state index in [2.05, 4.69) is 10.6 Å². The van der Waals surface area contributed by atoms with Crippen LogP contribution < -0.4 is 10.6 Å². The summed E-state index contributed by atoms with van der Waals surface area (Å²) >= 11 is 0. The molecule has 1 fully saturated rings. The van der Waals surface area contributed by atoms with Gasteiger partial charge in [0.25, 0.3) is 0 Å². The van der Waals surface area contributed by atoms with Gasteiger partial charge in [-0.2, -0.15) is 0 Å². The van der Waals surface area contributed by atoms with Crippen molar-refractivity contribution in [2.45, 2.75) is 31.8 Å². The van der Waals surface area contributed by atoms with Crippen LogP contribution in [0.2, 0.25) is 0 Å². The zero-order chi connectivity index (χ0) is 13.8. The lowest BCUT2D eigenvalue weighted by atomic mass is 10.2. The van der Waals surface area contributed by atoms with Crippen molar-refractivity contribution in [2.75, 3.05) is 18.1 Å². The molecule has 0 saturated carbocycles. The lowest BCUT2D eigenvalue weighted by Gasteiger charge is -2.23. The van der Waals surface area contributed by atoms with Gasteiger partial charge in [0.05, 0.1) is 11.5 Å². The highest BCUT2D eigenvalue weighted by atomic mass is 32.2. The number of carbonyl (C=O) groups is 2. The van der Waals surface area contributed by atoms with Crippen molar-refractivity contribution < 1.29 is 23.1 Å². The Morgan fingerprint density at radius 1 is 1.50 bits per heavy atom. The maximum absolute atomic E-state index is 11.6. The molecule has 0 aromatic rings. The van der Waals surface area contributed by atoms with Crippen LogP contribution in [0.3, 0.4) is 0 Å². The molecular formula is C10H18N2O5S. The molecule has 7 nitrogen and oxygen atoms in total. The molecule has 104 valence electrons. The van der Waals surface area contributed by atoms with Crippen molar-refractivity contribution in [2.24, 2.45) is 0 Å². The maximum Gasteiger partial charge on any atom is 0.326 e. The Labute approximate surface area is 106 Å². The summed E-state index contributed by atoms with van der Waals surface area (Å²) in [5, 5.41) is 14.1. The predicted molar refractivity (Wildman–Crippen MR) is 64.9 cm³/mol. The van der Waals surface area contributed by atoms with Gasteiger partial charge in [0, 0.05) is 19.0 Å². The summed E-state index contributed by atoms with van der Waals surface area (Å²) in [6.07, 6.45) is 0.264. The number of carboxylic acid groups (broad SMARTS) is 1. The van der Waals surface area contributed by atoms with Crippen LogP contribution in [-0.2, 0) is 19.4 Å². The molecule has 1 saturated heterocycles. The number of hydrogen-bond acceptors (Lipinski definition) is 5. The molecule has 1 unspecified atom stereocenters. The maximum atomic E-state index is 11.6. The van der Waals surface area contributed by atoms with Crippen LogP contribution in [0.4, 0.5) is 0 Å². The van der Waals surface area contributed by atoms with E-state index in [0.29, 0.717) is 6.54 Å². The summed E-state index contributed by atoms with van der Waals surface area (Å²) in [7, 11) is -3.09. The van der Waals surface area contributed by atoms with Crippen molar-refractivity contribution in [3.63, 3.8) is 0 Å². The lowest BCUT2D eigenvalue weighted by Crippen LogP contribution is -2.49. The first-order valence-corrected chi connectivity index (χ1v) is 7.62. The second-order valence-electron chi connectivity index (χ2n) is 4.34. The van der Waals surface area contributed by atoms with Gasteiger partial charge >= 0.3 is 5.97 Å². The zero-order valence-electron chi connectivity index (χ0n) is 10.2. The Balaban J connectivity index is 2.47. The van der Waals surface area contributed by atoms with Crippen molar-refractivity contribution in [1.29, 1.82) is 0 Å². The first-order chi connectivity index (χ1) is 8.34. The number of nitrogens with one attached hydrogen (secondary N) is 2. The van der Waals surface area contributed by atoms with Crippen molar-refractivity contribution in [3.05, 3.63) is 0 Å².